The number of aromatic nitrogens is 2. The van der Waals surface area contributed by atoms with Crippen LogP contribution >= 0.6 is 0 Å². The van der Waals surface area contributed by atoms with Gasteiger partial charge in [-0.25, -0.2) is 0 Å². The third-order valence-corrected chi connectivity index (χ3v) is 5.19. The van der Waals surface area contributed by atoms with Crippen molar-refractivity contribution in [2.75, 3.05) is 36.5 Å². The average molecular weight is 373 g/mol. The molecule has 0 radical (unpaired) electrons. The van der Waals surface area contributed by atoms with Crippen molar-refractivity contribution in [3.8, 4) is 6.07 Å². The van der Waals surface area contributed by atoms with Gasteiger partial charge in [0.15, 0.2) is 5.82 Å². The number of nitrogens with zero attached hydrogens (tertiary/aromatic N) is 4. The van der Waals surface area contributed by atoms with Crippen LogP contribution in [-0.2, 0) is 4.74 Å². The van der Waals surface area contributed by atoms with Crippen LogP contribution in [0.3, 0.4) is 0 Å². The fraction of sp³-hybridized carbons (Fsp3) is 0.318. The molecule has 1 unspecified atom stereocenters. The third-order valence-electron chi connectivity index (χ3n) is 5.19. The molecule has 0 amide bonds. The second kappa shape index (κ2) is 7.83. The van der Waals surface area contributed by atoms with Gasteiger partial charge in [-0.2, -0.15) is 10.4 Å². The number of morpholine rings is 1. The Morgan fingerprint density at radius 2 is 1.93 bits per heavy atom. The number of rotatable bonds is 4. The number of benzene rings is 2. The summed E-state index contributed by atoms with van der Waals surface area (Å²) in [5.74, 6) is 0.755. The molecule has 6 heteroatoms. The van der Waals surface area contributed by atoms with Crippen molar-refractivity contribution in [1.29, 1.82) is 5.26 Å². The minimum atomic E-state index is 0.000508. The maximum Gasteiger partial charge on any atom is 0.157 e. The number of fused-ring (bicyclic) bond motifs is 1. The lowest BCUT2D eigenvalue weighted by Crippen LogP contribution is -2.36. The molecule has 0 saturated carbocycles. The molecule has 6 nitrogen and oxygen atoms in total. The smallest absolute Gasteiger partial charge is 0.157 e. The highest BCUT2D eigenvalue weighted by atomic mass is 16.5. The van der Waals surface area contributed by atoms with Gasteiger partial charge in [0.25, 0.3) is 0 Å². The Kier molecular flexibility index (Phi) is 5.09. The van der Waals surface area contributed by atoms with E-state index in [9.17, 15) is 0 Å². The van der Waals surface area contributed by atoms with Crippen LogP contribution in [0.2, 0.25) is 0 Å². The first-order valence-corrected chi connectivity index (χ1v) is 9.52. The number of hydrogen-bond donors (Lipinski definition) is 1. The van der Waals surface area contributed by atoms with Gasteiger partial charge in [0.1, 0.15) is 0 Å². The van der Waals surface area contributed by atoms with Gasteiger partial charge >= 0.3 is 0 Å². The molecule has 142 valence electrons. The molecule has 28 heavy (non-hydrogen) atoms. The summed E-state index contributed by atoms with van der Waals surface area (Å²) in [6.45, 7) is 7.33. The van der Waals surface area contributed by atoms with Crippen molar-refractivity contribution in [2.45, 2.75) is 19.9 Å². The third kappa shape index (κ3) is 3.62. The van der Waals surface area contributed by atoms with E-state index in [0.29, 0.717) is 5.56 Å². The van der Waals surface area contributed by atoms with Crippen molar-refractivity contribution in [3.63, 3.8) is 0 Å². The molecule has 2 aromatic carbocycles. The SMILES string of the molecule is Cc1nnc(NC(C)c2cccc(C#N)c2)c2cc(N3CCOCC3)ccc12. The molecule has 0 aliphatic carbocycles. The molecular weight excluding hydrogens is 350 g/mol. The molecule has 1 atom stereocenters. The van der Waals surface area contributed by atoms with E-state index >= 15 is 0 Å². The lowest BCUT2D eigenvalue weighted by molar-refractivity contribution is 0.122. The summed E-state index contributed by atoms with van der Waals surface area (Å²) in [6, 6.07) is 16.3. The molecular formula is C22H23N5O. The molecule has 2 heterocycles. The lowest BCUT2D eigenvalue weighted by Gasteiger charge is -2.29. The number of ether oxygens (including phenoxy) is 1. The van der Waals surface area contributed by atoms with E-state index in [1.165, 1.54) is 5.69 Å². The first-order chi connectivity index (χ1) is 13.7. The van der Waals surface area contributed by atoms with Gasteiger partial charge in [0.2, 0.25) is 0 Å². The average Bonchev–Trinajstić information content (AvgIpc) is 2.76. The Labute approximate surface area is 164 Å². The van der Waals surface area contributed by atoms with Gasteiger partial charge in [0.05, 0.1) is 36.6 Å². The number of nitriles is 1. The summed E-state index contributed by atoms with van der Waals surface area (Å²) in [7, 11) is 0. The van der Waals surface area contributed by atoms with Gasteiger partial charge in [-0.15, -0.1) is 5.10 Å². The van der Waals surface area contributed by atoms with Crippen LogP contribution in [0, 0.1) is 18.3 Å². The Bertz CT molecular complexity index is 1040. The maximum absolute atomic E-state index is 9.15. The van der Waals surface area contributed by atoms with E-state index in [2.05, 4.69) is 51.6 Å². The molecule has 1 aliphatic heterocycles. The van der Waals surface area contributed by atoms with Crippen LogP contribution in [0.1, 0.15) is 29.8 Å². The highest BCUT2D eigenvalue weighted by Gasteiger charge is 2.15. The van der Waals surface area contributed by atoms with Crippen molar-refractivity contribution in [2.24, 2.45) is 0 Å². The van der Waals surface area contributed by atoms with Crippen molar-refractivity contribution < 1.29 is 4.74 Å². The van der Waals surface area contributed by atoms with Crippen molar-refractivity contribution in [1.82, 2.24) is 10.2 Å². The van der Waals surface area contributed by atoms with Gasteiger partial charge in [-0.3, -0.25) is 0 Å². The monoisotopic (exact) mass is 373 g/mol. The largest absolute Gasteiger partial charge is 0.378 e. The minimum Gasteiger partial charge on any atom is -0.378 e. The first-order valence-electron chi connectivity index (χ1n) is 9.52. The Balaban J connectivity index is 1.69. The molecule has 1 saturated heterocycles. The maximum atomic E-state index is 9.15. The quantitative estimate of drug-likeness (QED) is 0.749. The highest BCUT2D eigenvalue weighted by Crippen LogP contribution is 2.30. The van der Waals surface area contributed by atoms with Crippen LogP contribution in [0.4, 0.5) is 11.5 Å². The normalized spacial score (nSPS) is 15.2. The fourth-order valence-electron chi connectivity index (χ4n) is 3.57. The second-order valence-electron chi connectivity index (χ2n) is 7.07. The highest BCUT2D eigenvalue weighted by molar-refractivity contribution is 5.95. The van der Waals surface area contributed by atoms with Crippen LogP contribution in [-0.4, -0.2) is 36.5 Å². The molecule has 0 spiro atoms. The van der Waals surface area contributed by atoms with Gasteiger partial charge in [-0.05, 0) is 43.7 Å². The minimum absolute atomic E-state index is 0.000508. The number of anilines is 2. The summed E-state index contributed by atoms with van der Waals surface area (Å²) in [5, 5.41) is 23.5. The standard InChI is InChI=1S/C22H23N5O/c1-15(18-5-3-4-17(12-18)14-23)24-22-21-13-19(27-8-10-28-11-9-27)6-7-20(21)16(2)25-26-22/h3-7,12-13,15H,8-11H2,1-2H3,(H,24,26). The van der Waals surface area contributed by atoms with Gasteiger partial charge in [-0.1, -0.05) is 18.2 Å². The zero-order chi connectivity index (χ0) is 19.5. The van der Waals surface area contributed by atoms with E-state index in [1.807, 2.05) is 31.2 Å². The topological polar surface area (TPSA) is 74.1 Å². The van der Waals surface area contributed by atoms with E-state index in [0.717, 1.165) is 54.2 Å². The molecule has 1 fully saturated rings. The summed E-state index contributed by atoms with van der Waals surface area (Å²) < 4.78 is 5.47. The predicted molar refractivity (Wildman–Crippen MR) is 111 cm³/mol. The van der Waals surface area contributed by atoms with E-state index in [-0.39, 0.29) is 6.04 Å². The van der Waals surface area contributed by atoms with Gasteiger partial charge < -0.3 is 15.0 Å². The van der Waals surface area contributed by atoms with Crippen LogP contribution in [0.25, 0.3) is 10.8 Å². The zero-order valence-electron chi connectivity index (χ0n) is 16.1. The number of aryl methyl sites for hydroxylation is 1. The summed E-state index contributed by atoms with van der Waals surface area (Å²) >= 11 is 0. The molecule has 1 aromatic heterocycles. The van der Waals surface area contributed by atoms with Gasteiger partial charge in [0, 0.05) is 29.5 Å². The van der Waals surface area contributed by atoms with E-state index in [4.69, 9.17) is 10.00 Å². The van der Waals surface area contributed by atoms with Crippen LogP contribution in [0.15, 0.2) is 42.5 Å². The zero-order valence-corrected chi connectivity index (χ0v) is 16.1. The Hall–Kier alpha value is -3.17. The summed E-state index contributed by atoms with van der Waals surface area (Å²) in [4.78, 5) is 2.34. The van der Waals surface area contributed by atoms with Crippen molar-refractivity contribution >= 4 is 22.3 Å². The molecule has 0 bridgehead atoms. The van der Waals surface area contributed by atoms with Crippen LogP contribution in [0.5, 0.6) is 0 Å². The predicted octanol–water partition coefficient (Wildman–Crippen LogP) is 3.82. The fourth-order valence-corrected chi connectivity index (χ4v) is 3.57. The molecule has 1 aliphatic rings. The first kappa shape index (κ1) is 18.2. The lowest BCUT2D eigenvalue weighted by atomic mass is 10.0. The summed E-state index contributed by atoms with van der Waals surface area (Å²) in [5.41, 5.74) is 3.78. The number of hydrogen-bond acceptors (Lipinski definition) is 6. The van der Waals surface area contributed by atoms with Crippen LogP contribution < -0.4 is 10.2 Å². The van der Waals surface area contributed by atoms with E-state index in [1.54, 1.807) is 0 Å². The Morgan fingerprint density at radius 3 is 2.71 bits per heavy atom. The van der Waals surface area contributed by atoms with Crippen molar-refractivity contribution in [3.05, 3.63) is 59.3 Å². The Morgan fingerprint density at radius 1 is 1.11 bits per heavy atom. The molecule has 3 aromatic rings. The molecule has 4 rings (SSSR count). The number of nitrogens with one attached hydrogen (secondary N) is 1. The van der Waals surface area contributed by atoms with E-state index < -0.39 is 0 Å². The molecule has 1 N–H and O–H groups in total. The second-order valence-corrected chi connectivity index (χ2v) is 7.07. The summed E-state index contributed by atoms with van der Waals surface area (Å²) in [6.07, 6.45) is 0.